The van der Waals surface area contributed by atoms with Gasteiger partial charge in [-0.1, -0.05) is 66.6 Å². The molecule has 4 rings (SSSR count). The number of alkyl carbamates (subject to hydrolysis) is 1. The molecule has 0 fully saturated rings. The van der Waals surface area contributed by atoms with Crippen molar-refractivity contribution in [1.29, 1.82) is 0 Å². The normalized spacial score (nSPS) is 14.1. The van der Waals surface area contributed by atoms with Gasteiger partial charge < -0.3 is 20.3 Å². The van der Waals surface area contributed by atoms with Crippen LogP contribution >= 0.6 is 0 Å². The Morgan fingerprint density at radius 2 is 1.55 bits per heavy atom. The Hall–Kier alpha value is -3.59. The summed E-state index contributed by atoms with van der Waals surface area (Å²) >= 11 is 0. The van der Waals surface area contributed by atoms with Crippen molar-refractivity contribution in [3.8, 4) is 23.5 Å². The van der Waals surface area contributed by atoms with Gasteiger partial charge in [-0.15, -0.1) is 6.42 Å². The lowest BCUT2D eigenvalue weighted by Crippen LogP contribution is -2.36. The Balaban J connectivity index is 1.33. The molecule has 0 saturated heterocycles. The minimum atomic E-state index is -1.18. The number of aliphatic hydroxyl groups excluding tert-OH is 2. The summed E-state index contributed by atoms with van der Waals surface area (Å²) in [6.07, 6.45) is 2.34. The number of hydrogen-bond acceptors (Lipinski definition) is 4. The summed E-state index contributed by atoms with van der Waals surface area (Å²) in [7, 11) is 0. The van der Waals surface area contributed by atoms with Gasteiger partial charge in [0.05, 0.1) is 0 Å². The standard InChI is InChI=1S/C26H23NO4/c1-2-17-11-13-18(14-12-17)25(29)24(28)15-27-26(30)31-16-23-21-9-5-3-7-19(21)20-8-4-6-10-22(20)23/h1,3-14,23-25,28-29H,15-16H2,(H,27,30). The maximum Gasteiger partial charge on any atom is 0.407 e. The molecule has 3 aromatic carbocycles. The van der Waals surface area contributed by atoms with Crippen molar-refractivity contribution in [2.45, 2.75) is 18.1 Å². The van der Waals surface area contributed by atoms with Crippen LogP contribution in [0, 0.1) is 12.3 Å². The first kappa shape index (κ1) is 20.7. The molecule has 2 unspecified atom stereocenters. The number of hydrogen-bond donors (Lipinski definition) is 3. The second-order valence-corrected chi connectivity index (χ2v) is 7.48. The zero-order valence-corrected chi connectivity index (χ0v) is 16.9. The Morgan fingerprint density at radius 1 is 0.968 bits per heavy atom. The summed E-state index contributed by atoms with van der Waals surface area (Å²) in [5.41, 5.74) is 5.76. The molecule has 0 saturated carbocycles. The first-order valence-corrected chi connectivity index (χ1v) is 10.1. The van der Waals surface area contributed by atoms with Crippen LogP contribution in [0.5, 0.6) is 0 Å². The molecular formula is C26H23NO4. The molecule has 1 aliphatic carbocycles. The third kappa shape index (κ3) is 4.31. The monoisotopic (exact) mass is 413 g/mol. The molecule has 5 heteroatoms. The molecule has 1 aliphatic rings. The third-order valence-corrected chi connectivity index (χ3v) is 5.58. The minimum absolute atomic E-state index is 0.0386. The number of aliphatic hydroxyl groups is 2. The fourth-order valence-corrected chi connectivity index (χ4v) is 3.95. The molecule has 0 radical (unpaired) electrons. The molecule has 2 atom stereocenters. The zero-order chi connectivity index (χ0) is 21.8. The largest absolute Gasteiger partial charge is 0.449 e. The summed E-state index contributed by atoms with van der Waals surface area (Å²) in [5.74, 6) is 2.46. The molecule has 0 spiro atoms. The van der Waals surface area contributed by atoms with E-state index < -0.39 is 18.3 Å². The van der Waals surface area contributed by atoms with Crippen molar-refractivity contribution in [1.82, 2.24) is 5.32 Å². The van der Waals surface area contributed by atoms with Crippen LogP contribution in [-0.2, 0) is 4.74 Å². The van der Waals surface area contributed by atoms with Crippen LogP contribution in [0.4, 0.5) is 4.79 Å². The highest BCUT2D eigenvalue weighted by atomic mass is 16.5. The van der Waals surface area contributed by atoms with Crippen LogP contribution in [0.15, 0.2) is 72.8 Å². The molecule has 0 aliphatic heterocycles. The van der Waals surface area contributed by atoms with Crippen molar-refractivity contribution >= 4 is 6.09 Å². The van der Waals surface area contributed by atoms with Gasteiger partial charge in [0.1, 0.15) is 18.8 Å². The van der Waals surface area contributed by atoms with Crippen molar-refractivity contribution < 1.29 is 19.7 Å². The van der Waals surface area contributed by atoms with E-state index in [2.05, 4.69) is 23.4 Å². The third-order valence-electron chi connectivity index (χ3n) is 5.58. The predicted molar refractivity (Wildman–Crippen MR) is 118 cm³/mol. The van der Waals surface area contributed by atoms with Gasteiger partial charge in [0.15, 0.2) is 0 Å². The van der Waals surface area contributed by atoms with E-state index >= 15 is 0 Å². The Labute approximate surface area is 181 Å². The number of amides is 1. The van der Waals surface area contributed by atoms with Crippen LogP contribution in [-0.4, -0.2) is 35.6 Å². The highest BCUT2D eigenvalue weighted by Crippen LogP contribution is 2.44. The second-order valence-electron chi connectivity index (χ2n) is 7.48. The average Bonchev–Trinajstić information content (AvgIpc) is 3.14. The van der Waals surface area contributed by atoms with E-state index in [4.69, 9.17) is 11.2 Å². The molecule has 0 heterocycles. The number of carbonyl (C=O) groups is 1. The molecule has 1 amide bonds. The molecule has 3 N–H and O–H groups in total. The lowest BCUT2D eigenvalue weighted by molar-refractivity contribution is 0.0185. The lowest BCUT2D eigenvalue weighted by Gasteiger charge is -2.19. The number of nitrogens with one attached hydrogen (secondary N) is 1. The molecule has 156 valence electrons. The molecule has 31 heavy (non-hydrogen) atoms. The fraction of sp³-hybridized carbons (Fsp3) is 0.192. The van der Waals surface area contributed by atoms with E-state index in [1.807, 2.05) is 36.4 Å². The Bertz CT molecular complexity index is 1070. The number of ether oxygens (including phenoxy) is 1. The maximum absolute atomic E-state index is 12.2. The molecular weight excluding hydrogens is 390 g/mol. The van der Waals surface area contributed by atoms with Crippen LogP contribution in [0.3, 0.4) is 0 Å². The van der Waals surface area contributed by atoms with E-state index in [0.29, 0.717) is 11.1 Å². The van der Waals surface area contributed by atoms with Gasteiger partial charge in [-0.25, -0.2) is 4.79 Å². The lowest BCUT2D eigenvalue weighted by atomic mass is 9.98. The van der Waals surface area contributed by atoms with Crippen molar-refractivity contribution in [2.75, 3.05) is 13.2 Å². The van der Waals surface area contributed by atoms with Gasteiger partial charge in [-0.3, -0.25) is 0 Å². The van der Waals surface area contributed by atoms with Crippen molar-refractivity contribution in [2.24, 2.45) is 0 Å². The quantitative estimate of drug-likeness (QED) is 0.540. The van der Waals surface area contributed by atoms with Crippen LogP contribution in [0.25, 0.3) is 11.1 Å². The summed E-state index contributed by atoms with van der Waals surface area (Å²) < 4.78 is 5.44. The van der Waals surface area contributed by atoms with Crippen LogP contribution in [0.2, 0.25) is 0 Å². The first-order chi connectivity index (χ1) is 15.1. The highest BCUT2D eigenvalue weighted by molar-refractivity contribution is 5.79. The fourth-order valence-electron chi connectivity index (χ4n) is 3.95. The number of benzene rings is 3. The summed E-state index contributed by atoms with van der Waals surface area (Å²) in [4.78, 5) is 12.2. The Morgan fingerprint density at radius 3 is 2.13 bits per heavy atom. The smallest absolute Gasteiger partial charge is 0.407 e. The van der Waals surface area contributed by atoms with E-state index in [9.17, 15) is 15.0 Å². The SMILES string of the molecule is C#Cc1ccc(C(O)C(O)CNC(=O)OCC2c3ccccc3-c3ccccc32)cc1. The maximum atomic E-state index is 12.2. The number of fused-ring (bicyclic) bond motifs is 3. The number of terminal acetylenes is 1. The average molecular weight is 413 g/mol. The van der Waals surface area contributed by atoms with Gasteiger partial charge >= 0.3 is 6.09 Å². The topological polar surface area (TPSA) is 78.8 Å². The predicted octanol–water partition coefficient (Wildman–Crippen LogP) is 3.60. The van der Waals surface area contributed by atoms with E-state index in [1.165, 1.54) is 0 Å². The summed E-state index contributed by atoms with van der Waals surface area (Å²) in [5, 5.41) is 23.0. The summed E-state index contributed by atoms with van der Waals surface area (Å²) in [6, 6.07) is 22.9. The van der Waals surface area contributed by atoms with Crippen LogP contribution in [0.1, 0.15) is 34.3 Å². The van der Waals surface area contributed by atoms with Crippen molar-refractivity contribution in [3.05, 3.63) is 95.1 Å². The molecule has 5 nitrogen and oxygen atoms in total. The van der Waals surface area contributed by atoms with Gasteiger partial charge in [0.25, 0.3) is 0 Å². The van der Waals surface area contributed by atoms with Crippen LogP contribution < -0.4 is 5.32 Å². The Kier molecular flexibility index (Phi) is 6.03. The minimum Gasteiger partial charge on any atom is -0.449 e. The summed E-state index contributed by atoms with van der Waals surface area (Å²) in [6.45, 7) is 0.0425. The zero-order valence-electron chi connectivity index (χ0n) is 16.9. The molecule has 0 bridgehead atoms. The van der Waals surface area contributed by atoms with Gasteiger partial charge in [0.2, 0.25) is 0 Å². The number of carbonyl (C=O) groups excluding carboxylic acids is 1. The number of rotatable bonds is 6. The van der Waals surface area contributed by atoms with E-state index in [0.717, 1.165) is 22.3 Å². The van der Waals surface area contributed by atoms with Gasteiger partial charge in [-0.05, 0) is 39.9 Å². The van der Waals surface area contributed by atoms with Gasteiger partial charge in [0, 0.05) is 18.0 Å². The van der Waals surface area contributed by atoms with E-state index in [-0.39, 0.29) is 19.1 Å². The second kappa shape index (κ2) is 9.05. The van der Waals surface area contributed by atoms with Crippen molar-refractivity contribution in [3.63, 3.8) is 0 Å². The molecule has 0 aromatic heterocycles. The van der Waals surface area contributed by atoms with E-state index in [1.54, 1.807) is 24.3 Å². The van der Waals surface area contributed by atoms with Gasteiger partial charge in [-0.2, -0.15) is 0 Å². The first-order valence-electron chi connectivity index (χ1n) is 10.1. The molecule has 3 aromatic rings. The highest BCUT2D eigenvalue weighted by Gasteiger charge is 2.29.